The van der Waals surface area contributed by atoms with Gasteiger partial charge in [-0.15, -0.1) is 6.58 Å². The number of benzene rings is 3. The zero-order chi connectivity index (χ0) is 26.0. The van der Waals surface area contributed by atoms with E-state index < -0.39 is 30.6 Å². The molecule has 4 rings (SSSR count). The largest absolute Gasteiger partial charge is 0.270 e. The van der Waals surface area contributed by atoms with Crippen molar-refractivity contribution in [3.63, 3.8) is 0 Å². The smallest absolute Gasteiger partial charge is 0.264 e. The minimum Gasteiger partial charge on any atom is -0.270 e. The van der Waals surface area contributed by atoms with E-state index in [0.717, 1.165) is 16.7 Å². The molecule has 3 aromatic rings. The second-order valence-corrected chi connectivity index (χ2v) is 13.5. The molecule has 1 heterocycles. The number of hydrogen-bond acceptors (Lipinski definition) is 4. The van der Waals surface area contributed by atoms with Gasteiger partial charge in [0.15, 0.2) is 9.84 Å². The van der Waals surface area contributed by atoms with Crippen molar-refractivity contribution in [3.8, 4) is 0 Å². The third-order valence-electron chi connectivity index (χ3n) is 6.73. The zero-order valence-electron chi connectivity index (χ0n) is 20.5. The van der Waals surface area contributed by atoms with Gasteiger partial charge in [0.1, 0.15) is 4.75 Å². The van der Waals surface area contributed by atoms with E-state index in [0.29, 0.717) is 6.42 Å². The molecule has 1 aliphatic rings. The highest BCUT2D eigenvalue weighted by molar-refractivity contribution is 7.93. The molecule has 0 unspecified atom stereocenters. The van der Waals surface area contributed by atoms with Crippen LogP contribution in [0.3, 0.4) is 0 Å². The van der Waals surface area contributed by atoms with Crippen LogP contribution in [-0.4, -0.2) is 31.9 Å². The van der Waals surface area contributed by atoms with Crippen molar-refractivity contribution in [2.45, 2.75) is 53.7 Å². The average Bonchev–Trinajstić information content (AvgIpc) is 2.85. The maximum Gasteiger partial charge on any atom is 0.264 e. The van der Waals surface area contributed by atoms with E-state index in [1.165, 1.54) is 16.6 Å². The Labute approximate surface area is 214 Å². The summed E-state index contributed by atoms with van der Waals surface area (Å²) in [4.78, 5) is 0.390. The van der Waals surface area contributed by atoms with Gasteiger partial charge in [0.05, 0.1) is 15.8 Å². The molecular weight excluding hydrogens is 490 g/mol. The lowest BCUT2D eigenvalue weighted by Crippen LogP contribution is -2.50. The average molecular weight is 522 g/mol. The Bertz CT molecular complexity index is 1460. The number of sulfone groups is 1. The predicted molar refractivity (Wildman–Crippen MR) is 144 cm³/mol. The molecule has 36 heavy (non-hydrogen) atoms. The first-order chi connectivity index (χ1) is 17.1. The molecule has 5 nitrogen and oxygen atoms in total. The highest BCUT2D eigenvalue weighted by atomic mass is 32.2. The van der Waals surface area contributed by atoms with Gasteiger partial charge in [0, 0.05) is 6.20 Å². The van der Waals surface area contributed by atoms with Crippen molar-refractivity contribution in [1.82, 2.24) is 4.31 Å². The Kier molecular flexibility index (Phi) is 7.25. The lowest BCUT2D eigenvalue weighted by molar-refractivity contribution is 0.325. The fourth-order valence-corrected chi connectivity index (χ4v) is 8.14. The number of aryl methyl sites for hydroxylation is 2. The van der Waals surface area contributed by atoms with Gasteiger partial charge in [-0.25, -0.2) is 16.8 Å². The quantitative estimate of drug-likeness (QED) is 0.361. The van der Waals surface area contributed by atoms with Crippen LogP contribution in [0.4, 0.5) is 0 Å². The first kappa shape index (κ1) is 25.9. The summed E-state index contributed by atoms with van der Waals surface area (Å²) in [5, 5.41) is 0. The Morgan fingerprint density at radius 3 is 1.97 bits per heavy atom. The Hall–Kier alpha value is -3.16. The predicted octanol–water partition coefficient (Wildman–Crippen LogP) is 5.61. The number of hydrogen-bond donors (Lipinski definition) is 0. The van der Waals surface area contributed by atoms with Crippen LogP contribution in [0.15, 0.2) is 114 Å². The Morgan fingerprint density at radius 1 is 0.861 bits per heavy atom. The van der Waals surface area contributed by atoms with Gasteiger partial charge in [-0.2, -0.15) is 0 Å². The van der Waals surface area contributed by atoms with Gasteiger partial charge < -0.3 is 0 Å². The van der Waals surface area contributed by atoms with E-state index in [2.05, 4.69) is 6.58 Å². The molecule has 0 bridgehead atoms. The first-order valence-corrected chi connectivity index (χ1v) is 14.8. The van der Waals surface area contributed by atoms with Crippen LogP contribution in [0.5, 0.6) is 0 Å². The normalized spacial score (nSPS) is 20.3. The fourth-order valence-electron chi connectivity index (χ4n) is 4.70. The van der Waals surface area contributed by atoms with Crippen molar-refractivity contribution in [1.29, 1.82) is 0 Å². The minimum absolute atomic E-state index is 0.103. The van der Waals surface area contributed by atoms with Crippen LogP contribution < -0.4 is 0 Å². The van der Waals surface area contributed by atoms with Crippen molar-refractivity contribution < 1.29 is 16.8 Å². The molecule has 0 spiro atoms. The van der Waals surface area contributed by atoms with Gasteiger partial charge >= 0.3 is 0 Å². The maximum absolute atomic E-state index is 14.0. The molecule has 0 radical (unpaired) electrons. The molecule has 188 valence electrons. The second kappa shape index (κ2) is 10.1. The van der Waals surface area contributed by atoms with Gasteiger partial charge in [0.25, 0.3) is 10.0 Å². The molecule has 3 aromatic carbocycles. The van der Waals surface area contributed by atoms with Crippen LogP contribution in [-0.2, 0) is 26.3 Å². The molecule has 0 aromatic heterocycles. The van der Waals surface area contributed by atoms with Crippen LogP contribution in [0.25, 0.3) is 0 Å². The second-order valence-electron chi connectivity index (χ2n) is 9.39. The van der Waals surface area contributed by atoms with Gasteiger partial charge in [0.2, 0.25) is 0 Å². The SMILES string of the molecule is C=CC[C@]1(S(=O)(=O)c2ccc(C)cc2)C=CN(S(=O)(=O)c2ccc(C)cc2)[C@@H](Cc2ccccc2)C1. The van der Waals surface area contributed by atoms with Crippen LogP contribution in [0, 0.1) is 13.8 Å². The molecule has 0 N–H and O–H groups in total. The molecule has 2 atom stereocenters. The van der Waals surface area contributed by atoms with Gasteiger partial charge in [-0.05, 0) is 69.0 Å². The lowest BCUT2D eigenvalue weighted by Gasteiger charge is -2.42. The van der Waals surface area contributed by atoms with Crippen molar-refractivity contribution in [2.24, 2.45) is 0 Å². The molecular formula is C29H31NO4S2. The molecule has 7 heteroatoms. The highest BCUT2D eigenvalue weighted by Gasteiger charge is 2.48. The van der Waals surface area contributed by atoms with E-state index in [9.17, 15) is 16.8 Å². The summed E-state index contributed by atoms with van der Waals surface area (Å²) in [5.74, 6) is 0. The third kappa shape index (κ3) is 4.90. The van der Waals surface area contributed by atoms with Crippen LogP contribution in [0.2, 0.25) is 0 Å². The molecule has 0 aliphatic carbocycles. The maximum atomic E-state index is 14.0. The number of rotatable bonds is 8. The molecule has 0 saturated heterocycles. The van der Waals surface area contributed by atoms with E-state index in [4.69, 9.17) is 0 Å². The summed E-state index contributed by atoms with van der Waals surface area (Å²) in [6.45, 7) is 7.62. The van der Waals surface area contributed by atoms with E-state index in [1.54, 1.807) is 54.6 Å². The fraction of sp³-hybridized carbons (Fsp3) is 0.241. The van der Waals surface area contributed by atoms with Crippen molar-refractivity contribution in [3.05, 3.63) is 120 Å². The summed E-state index contributed by atoms with van der Waals surface area (Å²) < 4.78 is 55.5. The first-order valence-electron chi connectivity index (χ1n) is 11.8. The van der Waals surface area contributed by atoms with Crippen molar-refractivity contribution in [2.75, 3.05) is 0 Å². The third-order valence-corrected chi connectivity index (χ3v) is 11.0. The molecule has 0 fully saturated rings. The number of nitrogens with zero attached hydrogens (tertiary/aromatic N) is 1. The van der Waals surface area contributed by atoms with Gasteiger partial charge in [-0.1, -0.05) is 71.8 Å². The van der Waals surface area contributed by atoms with E-state index in [-0.39, 0.29) is 22.6 Å². The van der Waals surface area contributed by atoms with Gasteiger partial charge in [-0.3, -0.25) is 4.31 Å². The van der Waals surface area contributed by atoms with Crippen LogP contribution >= 0.6 is 0 Å². The standard InChI is InChI=1S/C29H31NO4S2/c1-4-18-29(35(31,32)27-14-10-23(2)11-15-27)19-20-30(26(22-29)21-25-8-6-5-7-9-25)36(33,34)28-16-12-24(3)13-17-28/h4-17,19-20,26H,1,18,21-22H2,2-3H3/t26-,29-/m0/s1. The van der Waals surface area contributed by atoms with Crippen LogP contribution in [0.1, 0.15) is 29.5 Å². The summed E-state index contributed by atoms with van der Waals surface area (Å²) in [6.07, 6.45) is 5.23. The minimum atomic E-state index is -3.90. The lowest BCUT2D eigenvalue weighted by atomic mass is 9.89. The summed E-state index contributed by atoms with van der Waals surface area (Å²) in [7, 11) is -7.75. The number of sulfonamides is 1. The molecule has 1 aliphatic heterocycles. The van der Waals surface area contributed by atoms with E-state index in [1.807, 2.05) is 44.2 Å². The topological polar surface area (TPSA) is 71.5 Å². The summed E-state index contributed by atoms with van der Waals surface area (Å²) in [5.41, 5.74) is 2.85. The zero-order valence-corrected chi connectivity index (χ0v) is 22.2. The highest BCUT2D eigenvalue weighted by Crippen LogP contribution is 2.41. The number of allylic oxidation sites excluding steroid dienone is 1. The molecule has 0 amide bonds. The van der Waals surface area contributed by atoms with E-state index >= 15 is 0 Å². The summed E-state index contributed by atoms with van der Waals surface area (Å²) in [6, 6.07) is 22.4. The monoisotopic (exact) mass is 521 g/mol. The Balaban J connectivity index is 1.84. The van der Waals surface area contributed by atoms with Crippen molar-refractivity contribution >= 4 is 19.9 Å². The Morgan fingerprint density at radius 2 is 1.42 bits per heavy atom. The molecule has 0 saturated carbocycles. The summed E-state index contributed by atoms with van der Waals surface area (Å²) >= 11 is 0.